The lowest BCUT2D eigenvalue weighted by atomic mass is 10.1. The van der Waals surface area contributed by atoms with Gasteiger partial charge < -0.3 is 14.2 Å². The summed E-state index contributed by atoms with van der Waals surface area (Å²) in [6.07, 6.45) is 70.8. The van der Waals surface area contributed by atoms with Crippen molar-refractivity contribution in [3.8, 4) is 0 Å². The molecular weight excluding hydrogens is 769 g/mol. The molecule has 0 bridgehead atoms. The summed E-state index contributed by atoms with van der Waals surface area (Å²) in [5, 5.41) is 0. The summed E-state index contributed by atoms with van der Waals surface area (Å²) in [6.45, 7) is 6.11. The zero-order chi connectivity index (χ0) is 45.1. The summed E-state index contributed by atoms with van der Waals surface area (Å²) in [5.41, 5.74) is 0. The van der Waals surface area contributed by atoms with Crippen LogP contribution in [0.25, 0.3) is 0 Å². The van der Waals surface area contributed by atoms with Crippen LogP contribution in [0.2, 0.25) is 0 Å². The quantitative estimate of drug-likeness (QED) is 0.0202. The topological polar surface area (TPSA) is 78.9 Å². The van der Waals surface area contributed by atoms with Gasteiger partial charge in [0.1, 0.15) is 13.2 Å². The summed E-state index contributed by atoms with van der Waals surface area (Å²) < 4.78 is 16.7. The van der Waals surface area contributed by atoms with Gasteiger partial charge >= 0.3 is 17.9 Å². The second-order valence-electron chi connectivity index (χ2n) is 14.8. The maximum atomic E-state index is 12.8. The number of carbonyl (C=O) groups is 3. The molecule has 6 heteroatoms. The molecule has 0 saturated carbocycles. The van der Waals surface area contributed by atoms with Crippen LogP contribution in [0, 0.1) is 0 Å². The van der Waals surface area contributed by atoms with Gasteiger partial charge in [0, 0.05) is 19.3 Å². The predicted octanol–water partition coefficient (Wildman–Crippen LogP) is 15.5. The van der Waals surface area contributed by atoms with Crippen LogP contribution in [0.4, 0.5) is 0 Å². The van der Waals surface area contributed by atoms with E-state index in [1.165, 1.54) is 0 Å². The molecule has 0 rings (SSSR count). The van der Waals surface area contributed by atoms with E-state index >= 15 is 0 Å². The molecule has 0 aliphatic heterocycles. The van der Waals surface area contributed by atoms with Crippen molar-refractivity contribution in [3.63, 3.8) is 0 Å². The molecule has 62 heavy (non-hydrogen) atoms. The smallest absolute Gasteiger partial charge is 0.306 e. The van der Waals surface area contributed by atoms with E-state index < -0.39 is 6.10 Å². The van der Waals surface area contributed by atoms with E-state index in [2.05, 4.69) is 69.4 Å². The Labute approximate surface area is 378 Å². The molecular formula is C56H82O6. The SMILES string of the molecule is CC\C=C/C=C\C=C/C=C\C=C/CCCCCC(=O)OC(COC(=O)CCCCC\C=C/C=C/C=C\C=C/C=C\C=C/CC)COC(=O)CCCCCCC/C=C\C/C=C\CC. The first kappa shape index (κ1) is 57.0. The fraction of sp³-hybridized carbons (Fsp3) is 0.482. The lowest BCUT2D eigenvalue weighted by molar-refractivity contribution is -0.167. The highest BCUT2D eigenvalue weighted by molar-refractivity contribution is 5.71. The second-order valence-corrected chi connectivity index (χ2v) is 14.8. The summed E-state index contributed by atoms with van der Waals surface area (Å²) in [4.78, 5) is 37.9. The normalized spacial score (nSPS) is 13.5. The summed E-state index contributed by atoms with van der Waals surface area (Å²) in [5.74, 6) is -1.05. The maximum Gasteiger partial charge on any atom is 0.306 e. The predicted molar refractivity (Wildman–Crippen MR) is 265 cm³/mol. The highest BCUT2D eigenvalue weighted by Crippen LogP contribution is 2.11. The molecule has 6 nitrogen and oxygen atoms in total. The third-order valence-electron chi connectivity index (χ3n) is 9.05. The Hall–Kier alpha value is -4.97. The van der Waals surface area contributed by atoms with Crippen molar-refractivity contribution < 1.29 is 28.6 Å². The van der Waals surface area contributed by atoms with E-state index in [9.17, 15) is 14.4 Å². The van der Waals surface area contributed by atoms with Gasteiger partial charge in [-0.2, -0.15) is 0 Å². The Balaban J connectivity index is 4.63. The van der Waals surface area contributed by atoms with Gasteiger partial charge in [0.05, 0.1) is 0 Å². The molecule has 0 saturated heterocycles. The first-order chi connectivity index (χ1) is 30.5. The van der Waals surface area contributed by atoms with E-state index in [0.717, 1.165) is 103 Å². The van der Waals surface area contributed by atoms with E-state index in [1.807, 2.05) is 109 Å². The fourth-order valence-corrected chi connectivity index (χ4v) is 5.59. The van der Waals surface area contributed by atoms with Crippen molar-refractivity contribution >= 4 is 17.9 Å². The monoisotopic (exact) mass is 851 g/mol. The maximum absolute atomic E-state index is 12.8. The Morgan fingerprint density at radius 2 is 0.661 bits per heavy atom. The minimum atomic E-state index is -0.832. The molecule has 0 heterocycles. The number of hydrogen-bond donors (Lipinski definition) is 0. The van der Waals surface area contributed by atoms with Gasteiger partial charge in [-0.15, -0.1) is 0 Å². The van der Waals surface area contributed by atoms with Crippen LogP contribution in [0.1, 0.15) is 156 Å². The van der Waals surface area contributed by atoms with Gasteiger partial charge in [0.15, 0.2) is 6.10 Å². The molecule has 0 aliphatic carbocycles. The molecule has 0 aliphatic rings. The van der Waals surface area contributed by atoms with Crippen LogP contribution in [0.5, 0.6) is 0 Å². The third kappa shape index (κ3) is 46.1. The molecule has 0 spiro atoms. The molecule has 0 aromatic rings. The minimum Gasteiger partial charge on any atom is -0.462 e. The lowest BCUT2D eigenvalue weighted by Crippen LogP contribution is -2.30. The van der Waals surface area contributed by atoms with Crippen molar-refractivity contribution in [2.45, 2.75) is 162 Å². The molecule has 0 fully saturated rings. The largest absolute Gasteiger partial charge is 0.462 e. The van der Waals surface area contributed by atoms with Gasteiger partial charge in [-0.1, -0.05) is 211 Å². The molecule has 342 valence electrons. The van der Waals surface area contributed by atoms with Crippen molar-refractivity contribution in [2.24, 2.45) is 0 Å². The number of hydrogen-bond acceptors (Lipinski definition) is 6. The molecule has 0 N–H and O–H groups in total. The standard InChI is InChI=1S/C56H82O6/c1-4-7-10-13-16-19-22-25-27-28-30-31-34-37-40-43-46-49-55(58)61-52-53(51-60-54(57)48-45-42-39-36-33-24-21-18-15-12-9-6-3)62-56(59)50-47-44-41-38-35-32-29-26-23-20-17-14-11-8-5-2/h7-14,16-23,25-32,34-35,53H,4-6,15,24,33,36-52H2,1-3H3/b10-7-,11-8-,12-9-,16-13-,17-14-,21-18-,22-19-,23-20-,27-25-,29-26-,30-28+,34-31-,35-32-. The molecule has 0 amide bonds. The van der Waals surface area contributed by atoms with Crippen LogP contribution in [0.3, 0.4) is 0 Å². The van der Waals surface area contributed by atoms with Crippen molar-refractivity contribution in [3.05, 3.63) is 158 Å². The van der Waals surface area contributed by atoms with E-state index in [1.54, 1.807) is 0 Å². The van der Waals surface area contributed by atoms with E-state index in [4.69, 9.17) is 14.2 Å². The van der Waals surface area contributed by atoms with Gasteiger partial charge in [-0.05, 0) is 83.5 Å². The molecule has 0 aromatic carbocycles. The minimum absolute atomic E-state index is 0.126. The Morgan fingerprint density at radius 3 is 1.10 bits per heavy atom. The summed E-state index contributed by atoms with van der Waals surface area (Å²) in [7, 11) is 0. The Morgan fingerprint density at radius 1 is 0.339 bits per heavy atom. The van der Waals surface area contributed by atoms with Crippen LogP contribution < -0.4 is 0 Å². The van der Waals surface area contributed by atoms with E-state index in [-0.39, 0.29) is 44.0 Å². The lowest BCUT2D eigenvalue weighted by Gasteiger charge is -2.18. The number of allylic oxidation sites excluding steroid dienone is 26. The van der Waals surface area contributed by atoms with Crippen LogP contribution in [0.15, 0.2) is 158 Å². The Bertz CT molecular complexity index is 1490. The molecule has 1 unspecified atom stereocenters. The average Bonchev–Trinajstić information content (AvgIpc) is 3.27. The zero-order valence-corrected chi connectivity index (χ0v) is 38.8. The average molecular weight is 851 g/mol. The fourth-order valence-electron chi connectivity index (χ4n) is 5.59. The summed E-state index contributed by atoms with van der Waals surface area (Å²) >= 11 is 0. The zero-order valence-electron chi connectivity index (χ0n) is 38.8. The highest BCUT2D eigenvalue weighted by atomic mass is 16.6. The summed E-state index contributed by atoms with van der Waals surface area (Å²) in [6, 6.07) is 0. The first-order valence-corrected chi connectivity index (χ1v) is 23.6. The number of carbonyl (C=O) groups excluding carboxylic acids is 3. The number of ether oxygens (including phenoxy) is 3. The second kappa shape index (κ2) is 48.7. The van der Waals surface area contributed by atoms with Crippen molar-refractivity contribution in [1.29, 1.82) is 0 Å². The van der Waals surface area contributed by atoms with Gasteiger partial charge in [-0.25, -0.2) is 0 Å². The Kier molecular flexibility index (Phi) is 44.8. The van der Waals surface area contributed by atoms with Crippen LogP contribution in [-0.2, 0) is 28.6 Å². The molecule has 1 atom stereocenters. The van der Waals surface area contributed by atoms with Crippen molar-refractivity contribution in [2.75, 3.05) is 13.2 Å². The third-order valence-corrected chi connectivity index (χ3v) is 9.05. The highest BCUT2D eigenvalue weighted by Gasteiger charge is 2.19. The number of rotatable bonds is 39. The van der Waals surface area contributed by atoms with Crippen LogP contribution >= 0.6 is 0 Å². The van der Waals surface area contributed by atoms with E-state index in [0.29, 0.717) is 19.3 Å². The van der Waals surface area contributed by atoms with Gasteiger partial charge in [-0.3, -0.25) is 14.4 Å². The molecule has 0 radical (unpaired) electrons. The molecule has 0 aromatic heterocycles. The number of unbranched alkanes of at least 4 members (excludes halogenated alkanes) is 11. The van der Waals surface area contributed by atoms with Crippen molar-refractivity contribution in [1.82, 2.24) is 0 Å². The first-order valence-electron chi connectivity index (χ1n) is 23.6. The number of esters is 3. The van der Waals surface area contributed by atoms with Gasteiger partial charge in [0.2, 0.25) is 0 Å². The van der Waals surface area contributed by atoms with Gasteiger partial charge in [0.25, 0.3) is 0 Å². The van der Waals surface area contributed by atoms with Crippen LogP contribution in [-0.4, -0.2) is 37.2 Å².